The molecule has 0 bridgehead atoms. The summed E-state index contributed by atoms with van der Waals surface area (Å²) in [4.78, 5) is 23.4. The fourth-order valence-electron chi connectivity index (χ4n) is 4.80. The predicted molar refractivity (Wildman–Crippen MR) is 129 cm³/mol. The molecular weight excluding hydrogens is 436 g/mol. The van der Waals surface area contributed by atoms with Crippen LogP contribution in [0, 0.1) is 5.92 Å². The lowest BCUT2D eigenvalue weighted by molar-refractivity contribution is -0.125. The number of nitrogens with two attached hydrogens (primary N) is 1. The number of nitrogens with one attached hydrogen (secondary N) is 1. The number of amides is 2. The zero-order valence-electron chi connectivity index (χ0n) is 20.7. The standard InChI is InChI=1S/C26H40N2O6/c1-16(5-8-20-13-26(15-32-26)14-21(34-20)12-24(27)30)6-9-23-17(2)11-22(19(4)33-23)28-25(31)10-7-18(3)29/h5-8,10,17-23,29H,9,11-15H2,1-4H3,(H2,27,30)(H,28,31)/b8-5+,10-7-,16-6+/t17-,18-,19+,20+,21+,22+,23-,26+/m0/s1. The Balaban J connectivity index is 1.49. The number of carbonyl (C=O) groups is 2. The first-order valence-electron chi connectivity index (χ1n) is 12.3. The second kappa shape index (κ2) is 11.6. The highest BCUT2D eigenvalue weighted by Crippen LogP contribution is 2.43. The second-order valence-corrected chi connectivity index (χ2v) is 10.2. The van der Waals surface area contributed by atoms with Gasteiger partial charge >= 0.3 is 0 Å². The number of epoxide rings is 1. The first-order valence-corrected chi connectivity index (χ1v) is 12.3. The minimum atomic E-state index is -0.650. The highest BCUT2D eigenvalue weighted by atomic mass is 16.6. The summed E-state index contributed by atoms with van der Waals surface area (Å²) in [6, 6.07) is -0.0591. The van der Waals surface area contributed by atoms with Crippen molar-refractivity contribution < 1.29 is 28.9 Å². The SMILES string of the molecule is CC(/C=C/[C@@H]1C[C@]2(CO2)C[C@@H](CC(N)=O)O1)=C\C[C@@H]1O[C@H](C)[C@H](NC(=O)/C=C\[C@H](C)O)C[C@@H]1C. The van der Waals surface area contributed by atoms with Gasteiger partial charge in [-0.3, -0.25) is 9.59 Å². The molecule has 0 aliphatic carbocycles. The summed E-state index contributed by atoms with van der Waals surface area (Å²) >= 11 is 0. The summed E-state index contributed by atoms with van der Waals surface area (Å²) in [5.41, 5.74) is 6.33. The van der Waals surface area contributed by atoms with Crippen molar-refractivity contribution in [2.75, 3.05) is 6.61 Å². The first kappa shape index (κ1) is 26.6. The van der Waals surface area contributed by atoms with E-state index in [0.717, 1.165) is 37.9 Å². The molecular formula is C26H40N2O6. The zero-order valence-corrected chi connectivity index (χ0v) is 20.7. The van der Waals surface area contributed by atoms with Crippen LogP contribution in [0.4, 0.5) is 0 Å². The van der Waals surface area contributed by atoms with Gasteiger partial charge in [-0.1, -0.05) is 36.8 Å². The Bertz CT molecular complexity index is 816. The van der Waals surface area contributed by atoms with Crippen LogP contribution in [0.25, 0.3) is 0 Å². The summed E-state index contributed by atoms with van der Waals surface area (Å²) in [6.45, 7) is 8.51. The Kier molecular flexibility index (Phi) is 9.09. The molecule has 0 aromatic carbocycles. The van der Waals surface area contributed by atoms with Gasteiger partial charge in [0, 0.05) is 18.9 Å². The fraction of sp³-hybridized carbons (Fsp3) is 0.692. The average Bonchev–Trinajstić information content (AvgIpc) is 3.49. The quantitative estimate of drug-likeness (QED) is 0.267. The number of hydrogen-bond donors (Lipinski definition) is 3. The summed E-state index contributed by atoms with van der Waals surface area (Å²) in [5.74, 6) is -0.275. The maximum atomic E-state index is 12.1. The molecule has 34 heavy (non-hydrogen) atoms. The van der Waals surface area contributed by atoms with Crippen molar-refractivity contribution in [2.24, 2.45) is 11.7 Å². The lowest BCUT2D eigenvalue weighted by Gasteiger charge is -2.39. The molecule has 0 saturated carbocycles. The summed E-state index contributed by atoms with van der Waals surface area (Å²) in [7, 11) is 0. The van der Waals surface area contributed by atoms with Crippen LogP contribution in [0.5, 0.6) is 0 Å². The van der Waals surface area contributed by atoms with E-state index >= 15 is 0 Å². The van der Waals surface area contributed by atoms with Crippen molar-refractivity contribution in [2.45, 2.75) is 102 Å². The Morgan fingerprint density at radius 1 is 1.24 bits per heavy atom. The molecule has 8 atom stereocenters. The van der Waals surface area contributed by atoms with Crippen LogP contribution in [0.3, 0.4) is 0 Å². The third-order valence-electron chi connectivity index (χ3n) is 6.84. The van der Waals surface area contributed by atoms with Gasteiger partial charge in [-0.25, -0.2) is 0 Å². The van der Waals surface area contributed by atoms with E-state index in [4.69, 9.17) is 19.9 Å². The third kappa shape index (κ3) is 8.05. The molecule has 1 spiro atoms. The van der Waals surface area contributed by atoms with Gasteiger partial charge in [0.2, 0.25) is 11.8 Å². The van der Waals surface area contributed by atoms with Crippen LogP contribution in [0.1, 0.15) is 59.8 Å². The molecule has 0 radical (unpaired) electrons. The van der Waals surface area contributed by atoms with Crippen LogP contribution < -0.4 is 11.1 Å². The predicted octanol–water partition coefficient (Wildman–Crippen LogP) is 2.31. The van der Waals surface area contributed by atoms with Gasteiger partial charge in [-0.05, 0) is 39.5 Å². The highest BCUT2D eigenvalue weighted by Gasteiger charge is 2.51. The van der Waals surface area contributed by atoms with Crippen LogP contribution in [0.15, 0.2) is 36.0 Å². The first-order chi connectivity index (χ1) is 16.0. The number of aliphatic hydroxyl groups excluding tert-OH is 1. The van der Waals surface area contributed by atoms with Crippen molar-refractivity contribution in [3.05, 3.63) is 36.0 Å². The molecule has 190 valence electrons. The lowest BCUT2D eigenvalue weighted by Crippen LogP contribution is -2.50. The second-order valence-electron chi connectivity index (χ2n) is 10.2. The molecule has 3 saturated heterocycles. The fourth-order valence-corrected chi connectivity index (χ4v) is 4.80. The smallest absolute Gasteiger partial charge is 0.244 e. The van der Waals surface area contributed by atoms with E-state index in [1.54, 1.807) is 6.92 Å². The molecule has 0 aromatic heterocycles. The monoisotopic (exact) mass is 476 g/mol. The van der Waals surface area contributed by atoms with E-state index in [2.05, 4.69) is 31.3 Å². The third-order valence-corrected chi connectivity index (χ3v) is 6.84. The summed E-state index contributed by atoms with van der Waals surface area (Å²) in [5, 5.41) is 12.3. The molecule has 3 aliphatic rings. The Labute approximate surface area is 202 Å². The van der Waals surface area contributed by atoms with E-state index < -0.39 is 6.10 Å². The van der Waals surface area contributed by atoms with Crippen LogP contribution in [0.2, 0.25) is 0 Å². The molecule has 3 heterocycles. The maximum absolute atomic E-state index is 12.1. The van der Waals surface area contributed by atoms with E-state index in [-0.39, 0.29) is 54.3 Å². The highest BCUT2D eigenvalue weighted by molar-refractivity contribution is 5.87. The molecule has 8 nitrogen and oxygen atoms in total. The number of hydrogen-bond acceptors (Lipinski definition) is 6. The van der Waals surface area contributed by atoms with E-state index in [9.17, 15) is 14.7 Å². The number of primary amides is 1. The van der Waals surface area contributed by atoms with Crippen LogP contribution >= 0.6 is 0 Å². The lowest BCUT2D eigenvalue weighted by atomic mass is 9.88. The largest absolute Gasteiger partial charge is 0.389 e. The number of aliphatic hydroxyl groups is 1. The van der Waals surface area contributed by atoms with Gasteiger partial charge in [0.05, 0.1) is 55.2 Å². The van der Waals surface area contributed by atoms with Gasteiger partial charge in [-0.15, -0.1) is 0 Å². The Morgan fingerprint density at radius 3 is 2.62 bits per heavy atom. The van der Waals surface area contributed by atoms with E-state index in [0.29, 0.717) is 5.92 Å². The van der Waals surface area contributed by atoms with Crippen molar-refractivity contribution >= 4 is 11.8 Å². The van der Waals surface area contributed by atoms with Crippen molar-refractivity contribution in [1.82, 2.24) is 5.32 Å². The number of ether oxygens (including phenoxy) is 3. The van der Waals surface area contributed by atoms with Gasteiger partial charge in [0.1, 0.15) is 0 Å². The summed E-state index contributed by atoms with van der Waals surface area (Å²) < 4.78 is 17.9. The van der Waals surface area contributed by atoms with Crippen molar-refractivity contribution in [3.8, 4) is 0 Å². The van der Waals surface area contributed by atoms with E-state index in [1.165, 1.54) is 12.2 Å². The minimum absolute atomic E-state index is 0.0591. The maximum Gasteiger partial charge on any atom is 0.244 e. The zero-order chi connectivity index (χ0) is 24.9. The van der Waals surface area contributed by atoms with Gasteiger partial charge < -0.3 is 30.4 Å². The van der Waals surface area contributed by atoms with Gasteiger partial charge in [0.25, 0.3) is 0 Å². The Hall–Kier alpha value is -2.00. The van der Waals surface area contributed by atoms with E-state index in [1.807, 2.05) is 13.0 Å². The number of rotatable bonds is 9. The normalized spacial score (nSPS) is 37.3. The van der Waals surface area contributed by atoms with Gasteiger partial charge in [0.15, 0.2) is 0 Å². The topological polar surface area (TPSA) is 123 Å². The molecule has 8 heteroatoms. The van der Waals surface area contributed by atoms with Crippen molar-refractivity contribution in [1.29, 1.82) is 0 Å². The number of allylic oxidation sites excluding steroid dienone is 2. The summed E-state index contributed by atoms with van der Waals surface area (Å²) in [6.07, 6.45) is 11.5. The Morgan fingerprint density at radius 2 is 1.97 bits per heavy atom. The van der Waals surface area contributed by atoms with Gasteiger partial charge in [-0.2, -0.15) is 0 Å². The minimum Gasteiger partial charge on any atom is -0.389 e. The molecule has 2 amide bonds. The molecule has 3 rings (SSSR count). The molecule has 0 aromatic rings. The molecule has 3 aliphatic heterocycles. The molecule has 4 N–H and O–H groups in total. The van der Waals surface area contributed by atoms with Crippen molar-refractivity contribution in [3.63, 3.8) is 0 Å². The van der Waals surface area contributed by atoms with Crippen LogP contribution in [-0.4, -0.2) is 65.7 Å². The average molecular weight is 477 g/mol. The number of carbonyl (C=O) groups excluding carboxylic acids is 2. The molecule has 3 fully saturated rings. The van der Waals surface area contributed by atoms with Crippen LogP contribution in [-0.2, 0) is 23.8 Å². The molecule has 0 unspecified atom stereocenters.